The van der Waals surface area contributed by atoms with Crippen molar-refractivity contribution in [2.45, 2.75) is 6.92 Å². The maximum atomic E-state index is 12.5. The summed E-state index contributed by atoms with van der Waals surface area (Å²) >= 11 is 3.46. The van der Waals surface area contributed by atoms with Crippen LogP contribution in [0, 0.1) is 0 Å². The van der Waals surface area contributed by atoms with Crippen molar-refractivity contribution in [1.29, 1.82) is 0 Å². The molecule has 0 atom stereocenters. The van der Waals surface area contributed by atoms with Crippen molar-refractivity contribution in [3.63, 3.8) is 0 Å². The third-order valence-electron chi connectivity index (χ3n) is 3.86. The maximum Gasteiger partial charge on any atom is 0.262 e. The molecule has 1 aliphatic heterocycles. The van der Waals surface area contributed by atoms with E-state index in [2.05, 4.69) is 21.2 Å². The number of anilines is 1. The number of ether oxygens (including phenoxy) is 3. The molecule has 27 heavy (non-hydrogen) atoms. The molecule has 0 saturated heterocycles. The Morgan fingerprint density at radius 3 is 2.89 bits per heavy atom. The number of hydrogen-bond acceptors (Lipinski definition) is 5. The highest BCUT2D eigenvalue weighted by atomic mass is 79.9. The SMILES string of the molecule is CCOc1c(Br)cc(C=CC(=O)c2ccc3c(c2)NC(=O)CO3)cc1OC. The van der Waals surface area contributed by atoms with E-state index >= 15 is 0 Å². The minimum Gasteiger partial charge on any atom is -0.493 e. The second-order valence-corrected chi connectivity index (χ2v) is 6.57. The molecule has 7 heteroatoms. The molecule has 1 amide bonds. The van der Waals surface area contributed by atoms with Gasteiger partial charge in [0.15, 0.2) is 23.9 Å². The van der Waals surface area contributed by atoms with Crippen LogP contribution in [0.2, 0.25) is 0 Å². The molecule has 0 bridgehead atoms. The number of rotatable bonds is 6. The summed E-state index contributed by atoms with van der Waals surface area (Å²) in [7, 11) is 1.56. The van der Waals surface area contributed by atoms with E-state index < -0.39 is 0 Å². The lowest BCUT2D eigenvalue weighted by molar-refractivity contribution is -0.118. The van der Waals surface area contributed by atoms with E-state index in [4.69, 9.17) is 14.2 Å². The second kappa shape index (κ2) is 8.26. The Morgan fingerprint density at radius 1 is 1.33 bits per heavy atom. The Labute approximate surface area is 165 Å². The Kier molecular flexibility index (Phi) is 5.81. The maximum absolute atomic E-state index is 12.5. The molecule has 0 spiro atoms. The predicted molar refractivity (Wildman–Crippen MR) is 106 cm³/mol. The van der Waals surface area contributed by atoms with Crippen LogP contribution in [0.25, 0.3) is 6.08 Å². The summed E-state index contributed by atoms with van der Waals surface area (Å²) in [4.78, 5) is 23.9. The van der Waals surface area contributed by atoms with Crippen LogP contribution in [0.5, 0.6) is 17.2 Å². The predicted octanol–water partition coefficient (Wildman–Crippen LogP) is 4.08. The fourth-order valence-electron chi connectivity index (χ4n) is 2.62. The van der Waals surface area contributed by atoms with E-state index in [1.807, 2.05) is 13.0 Å². The van der Waals surface area contributed by atoms with Gasteiger partial charge in [0.2, 0.25) is 0 Å². The fourth-order valence-corrected chi connectivity index (χ4v) is 3.20. The minimum absolute atomic E-state index is 0.0192. The highest BCUT2D eigenvalue weighted by molar-refractivity contribution is 9.10. The van der Waals surface area contributed by atoms with Gasteiger partial charge in [0, 0.05) is 5.56 Å². The van der Waals surface area contributed by atoms with E-state index in [1.165, 1.54) is 6.08 Å². The van der Waals surface area contributed by atoms with E-state index in [0.29, 0.717) is 35.1 Å². The zero-order valence-electron chi connectivity index (χ0n) is 14.9. The van der Waals surface area contributed by atoms with Crippen LogP contribution in [0.3, 0.4) is 0 Å². The number of benzene rings is 2. The van der Waals surface area contributed by atoms with Gasteiger partial charge in [-0.3, -0.25) is 9.59 Å². The monoisotopic (exact) mass is 431 g/mol. The molecule has 140 valence electrons. The van der Waals surface area contributed by atoms with Gasteiger partial charge in [-0.1, -0.05) is 6.08 Å². The Bertz CT molecular complexity index is 923. The van der Waals surface area contributed by atoms with Crippen molar-refractivity contribution in [1.82, 2.24) is 0 Å². The first kappa shape index (κ1) is 19.0. The number of nitrogens with one attached hydrogen (secondary N) is 1. The van der Waals surface area contributed by atoms with Crippen molar-refractivity contribution < 1.29 is 23.8 Å². The molecule has 2 aromatic carbocycles. The van der Waals surface area contributed by atoms with Crippen molar-refractivity contribution >= 4 is 39.4 Å². The highest BCUT2D eigenvalue weighted by Gasteiger charge is 2.17. The van der Waals surface area contributed by atoms with Gasteiger partial charge < -0.3 is 19.5 Å². The van der Waals surface area contributed by atoms with E-state index in [-0.39, 0.29) is 18.3 Å². The fraction of sp³-hybridized carbons (Fsp3) is 0.200. The molecule has 0 radical (unpaired) electrons. The van der Waals surface area contributed by atoms with E-state index in [0.717, 1.165) is 10.0 Å². The molecular formula is C20H18BrNO5. The third kappa shape index (κ3) is 4.31. The molecule has 3 rings (SSSR count). The topological polar surface area (TPSA) is 73.9 Å². The van der Waals surface area contributed by atoms with Gasteiger partial charge in [-0.2, -0.15) is 0 Å². The van der Waals surface area contributed by atoms with Gasteiger partial charge in [-0.05, 0) is 64.8 Å². The molecule has 0 aromatic heterocycles. The van der Waals surface area contributed by atoms with Crippen molar-refractivity contribution in [3.05, 3.63) is 52.0 Å². The summed E-state index contributed by atoms with van der Waals surface area (Å²) in [6.45, 7) is 2.39. The molecule has 1 aliphatic rings. The first-order valence-corrected chi connectivity index (χ1v) is 9.10. The zero-order valence-corrected chi connectivity index (χ0v) is 16.5. The Balaban J connectivity index is 1.82. The smallest absolute Gasteiger partial charge is 0.262 e. The van der Waals surface area contributed by atoms with E-state index in [1.54, 1.807) is 37.5 Å². The van der Waals surface area contributed by atoms with Crippen LogP contribution in [-0.2, 0) is 4.79 Å². The molecule has 1 heterocycles. The molecule has 1 N–H and O–H groups in total. The number of carbonyl (C=O) groups excluding carboxylic acids is 2. The standard InChI is InChI=1S/C20H18BrNO5/c1-3-26-20-14(21)8-12(9-18(20)25-2)4-6-16(23)13-5-7-17-15(10-13)22-19(24)11-27-17/h4-10H,3,11H2,1-2H3,(H,22,24). The third-order valence-corrected chi connectivity index (χ3v) is 4.45. The summed E-state index contributed by atoms with van der Waals surface area (Å²) in [5.41, 5.74) is 1.73. The molecule has 0 aliphatic carbocycles. The number of fused-ring (bicyclic) bond motifs is 1. The van der Waals surface area contributed by atoms with Gasteiger partial charge in [0.05, 0.1) is 23.9 Å². The summed E-state index contributed by atoms with van der Waals surface area (Å²) in [5.74, 6) is 1.31. The van der Waals surface area contributed by atoms with Gasteiger partial charge in [-0.15, -0.1) is 0 Å². The van der Waals surface area contributed by atoms with Crippen LogP contribution < -0.4 is 19.5 Å². The van der Waals surface area contributed by atoms with Crippen molar-refractivity contribution in [2.75, 3.05) is 25.6 Å². The Hall–Kier alpha value is -2.80. The molecule has 0 fully saturated rings. The van der Waals surface area contributed by atoms with E-state index in [9.17, 15) is 9.59 Å². The Morgan fingerprint density at radius 2 is 2.15 bits per heavy atom. The first-order chi connectivity index (χ1) is 13.0. The van der Waals surface area contributed by atoms with Crippen LogP contribution >= 0.6 is 15.9 Å². The number of hydrogen-bond donors (Lipinski definition) is 1. The van der Waals surface area contributed by atoms with Crippen LogP contribution in [0.4, 0.5) is 5.69 Å². The number of carbonyl (C=O) groups is 2. The van der Waals surface area contributed by atoms with Crippen molar-refractivity contribution in [3.8, 4) is 17.2 Å². The quantitative estimate of drug-likeness (QED) is 0.550. The molecule has 0 saturated carbocycles. The van der Waals surface area contributed by atoms with Crippen LogP contribution in [0.15, 0.2) is 40.9 Å². The van der Waals surface area contributed by atoms with Gasteiger partial charge >= 0.3 is 0 Å². The molecule has 0 unspecified atom stereocenters. The van der Waals surface area contributed by atoms with Crippen LogP contribution in [0.1, 0.15) is 22.8 Å². The summed E-state index contributed by atoms with van der Waals surface area (Å²) in [5, 5.41) is 2.69. The minimum atomic E-state index is -0.242. The number of amides is 1. The van der Waals surface area contributed by atoms with Gasteiger partial charge in [0.25, 0.3) is 5.91 Å². The molecule has 6 nitrogen and oxygen atoms in total. The zero-order chi connectivity index (χ0) is 19.4. The number of methoxy groups -OCH3 is 1. The lowest BCUT2D eigenvalue weighted by Crippen LogP contribution is -2.25. The van der Waals surface area contributed by atoms with Crippen molar-refractivity contribution in [2.24, 2.45) is 0 Å². The normalized spacial score (nSPS) is 12.9. The number of halogens is 1. The summed E-state index contributed by atoms with van der Waals surface area (Å²) in [6.07, 6.45) is 3.16. The van der Waals surface area contributed by atoms with Crippen LogP contribution in [-0.4, -0.2) is 32.0 Å². The summed E-state index contributed by atoms with van der Waals surface area (Å²) < 4.78 is 17.0. The number of ketones is 1. The average molecular weight is 432 g/mol. The lowest BCUT2D eigenvalue weighted by atomic mass is 10.1. The summed E-state index contributed by atoms with van der Waals surface area (Å²) in [6, 6.07) is 8.58. The van der Waals surface area contributed by atoms with Gasteiger partial charge in [0.1, 0.15) is 5.75 Å². The second-order valence-electron chi connectivity index (χ2n) is 5.71. The highest BCUT2D eigenvalue weighted by Crippen LogP contribution is 2.37. The first-order valence-electron chi connectivity index (χ1n) is 8.31. The largest absolute Gasteiger partial charge is 0.493 e. The molecule has 2 aromatic rings. The van der Waals surface area contributed by atoms with Gasteiger partial charge in [-0.25, -0.2) is 0 Å². The average Bonchev–Trinajstić information content (AvgIpc) is 2.67. The molecular weight excluding hydrogens is 414 g/mol. The number of allylic oxidation sites excluding steroid dienone is 1. The lowest BCUT2D eigenvalue weighted by Gasteiger charge is -2.18.